The Morgan fingerprint density at radius 3 is 2.38 bits per heavy atom. The SMILES string of the molecule is CCCCc1ccc(Oc2ccccc2C(N)CC)cc1. The molecule has 0 spiro atoms. The van der Waals surface area contributed by atoms with Crippen molar-refractivity contribution in [3.8, 4) is 11.5 Å². The highest BCUT2D eigenvalue weighted by Crippen LogP contribution is 2.30. The first-order valence-electron chi connectivity index (χ1n) is 7.85. The Balaban J connectivity index is 2.11. The van der Waals surface area contributed by atoms with Crippen LogP contribution in [0.5, 0.6) is 11.5 Å². The molecule has 1 atom stereocenters. The van der Waals surface area contributed by atoms with Gasteiger partial charge in [-0.2, -0.15) is 0 Å². The molecule has 0 bridgehead atoms. The molecular formula is C19H25NO. The van der Waals surface area contributed by atoms with Gasteiger partial charge in [-0.1, -0.05) is 50.6 Å². The fourth-order valence-electron chi connectivity index (χ4n) is 2.33. The van der Waals surface area contributed by atoms with Gasteiger partial charge in [0.1, 0.15) is 11.5 Å². The Morgan fingerprint density at radius 2 is 1.71 bits per heavy atom. The predicted octanol–water partition coefficient (Wildman–Crippen LogP) is 5.23. The molecule has 2 rings (SSSR count). The van der Waals surface area contributed by atoms with Crippen LogP contribution in [0.1, 0.15) is 50.3 Å². The topological polar surface area (TPSA) is 35.2 Å². The van der Waals surface area contributed by atoms with Crippen molar-refractivity contribution < 1.29 is 4.74 Å². The third-order valence-electron chi connectivity index (χ3n) is 3.73. The number of ether oxygens (including phenoxy) is 1. The molecule has 0 fully saturated rings. The lowest BCUT2D eigenvalue weighted by Gasteiger charge is -2.15. The first kappa shape index (κ1) is 15.6. The summed E-state index contributed by atoms with van der Waals surface area (Å²) in [6.07, 6.45) is 4.49. The van der Waals surface area contributed by atoms with Crippen LogP contribution in [-0.4, -0.2) is 0 Å². The van der Waals surface area contributed by atoms with Crippen molar-refractivity contribution in [1.29, 1.82) is 0 Å². The molecule has 21 heavy (non-hydrogen) atoms. The van der Waals surface area contributed by atoms with E-state index in [0.717, 1.165) is 29.9 Å². The van der Waals surface area contributed by atoms with Crippen molar-refractivity contribution in [2.24, 2.45) is 5.73 Å². The minimum absolute atomic E-state index is 0.0185. The van der Waals surface area contributed by atoms with Gasteiger partial charge in [0.25, 0.3) is 0 Å². The highest BCUT2D eigenvalue weighted by Gasteiger charge is 2.10. The summed E-state index contributed by atoms with van der Waals surface area (Å²) >= 11 is 0. The predicted molar refractivity (Wildman–Crippen MR) is 88.8 cm³/mol. The Morgan fingerprint density at radius 1 is 1.00 bits per heavy atom. The molecule has 0 amide bonds. The number of hydrogen-bond donors (Lipinski definition) is 1. The first-order valence-corrected chi connectivity index (χ1v) is 7.85. The monoisotopic (exact) mass is 283 g/mol. The largest absolute Gasteiger partial charge is 0.457 e. The average Bonchev–Trinajstić information content (AvgIpc) is 2.54. The lowest BCUT2D eigenvalue weighted by atomic mass is 10.0. The van der Waals surface area contributed by atoms with Gasteiger partial charge in [-0.05, 0) is 43.0 Å². The molecule has 0 aromatic heterocycles. The van der Waals surface area contributed by atoms with E-state index >= 15 is 0 Å². The molecule has 2 N–H and O–H groups in total. The maximum absolute atomic E-state index is 6.15. The van der Waals surface area contributed by atoms with Crippen molar-refractivity contribution >= 4 is 0 Å². The van der Waals surface area contributed by atoms with Gasteiger partial charge in [-0.3, -0.25) is 0 Å². The normalized spacial score (nSPS) is 12.1. The zero-order chi connectivity index (χ0) is 15.1. The molecular weight excluding hydrogens is 258 g/mol. The van der Waals surface area contributed by atoms with Gasteiger partial charge < -0.3 is 10.5 Å². The second kappa shape index (κ2) is 7.84. The van der Waals surface area contributed by atoms with Gasteiger partial charge >= 0.3 is 0 Å². The highest BCUT2D eigenvalue weighted by atomic mass is 16.5. The lowest BCUT2D eigenvalue weighted by molar-refractivity contribution is 0.468. The number of rotatable bonds is 7. The van der Waals surface area contributed by atoms with Crippen LogP contribution in [-0.2, 0) is 6.42 Å². The van der Waals surface area contributed by atoms with E-state index in [1.165, 1.54) is 18.4 Å². The summed E-state index contributed by atoms with van der Waals surface area (Å²) < 4.78 is 6.01. The molecule has 2 heteroatoms. The summed E-state index contributed by atoms with van der Waals surface area (Å²) in [7, 11) is 0. The minimum Gasteiger partial charge on any atom is -0.457 e. The Kier molecular flexibility index (Phi) is 5.82. The van der Waals surface area contributed by atoms with Crippen molar-refractivity contribution in [2.45, 2.75) is 45.6 Å². The summed E-state index contributed by atoms with van der Waals surface area (Å²) in [5.74, 6) is 1.72. The van der Waals surface area contributed by atoms with Gasteiger partial charge in [-0.15, -0.1) is 0 Å². The van der Waals surface area contributed by atoms with E-state index in [9.17, 15) is 0 Å². The van der Waals surface area contributed by atoms with Crippen LogP contribution < -0.4 is 10.5 Å². The molecule has 0 aliphatic rings. The quantitative estimate of drug-likeness (QED) is 0.755. The maximum atomic E-state index is 6.15. The van der Waals surface area contributed by atoms with Crippen LogP contribution in [0, 0.1) is 0 Å². The molecule has 112 valence electrons. The zero-order valence-corrected chi connectivity index (χ0v) is 13.0. The van der Waals surface area contributed by atoms with Crippen LogP contribution in [0.2, 0.25) is 0 Å². The van der Waals surface area contributed by atoms with Crippen LogP contribution in [0.25, 0.3) is 0 Å². The second-order valence-corrected chi connectivity index (χ2v) is 5.40. The average molecular weight is 283 g/mol. The Labute approximate surface area is 127 Å². The van der Waals surface area contributed by atoms with E-state index in [-0.39, 0.29) is 6.04 Å². The molecule has 0 radical (unpaired) electrons. The number of hydrogen-bond acceptors (Lipinski definition) is 2. The van der Waals surface area contributed by atoms with E-state index < -0.39 is 0 Å². The minimum atomic E-state index is 0.0185. The van der Waals surface area contributed by atoms with E-state index in [2.05, 4.69) is 26.0 Å². The van der Waals surface area contributed by atoms with Gasteiger partial charge in [0.2, 0.25) is 0 Å². The van der Waals surface area contributed by atoms with E-state index in [1.54, 1.807) is 0 Å². The van der Waals surface area contributed by atoms with Crippen LogP contribution in [0.3, 0.4) is 0 Å². The molecule has 0 aliphatic heterocycles. The molecule has 0 heterocycles. The fraction of sp³-hybridized carbons (Fsp3) is 0.368. The third-order valence-corrected chi connectivity index (χ3v) is 3.73. The zero-order valence-electron chi connectivity index (χ0n) is 13.0. The maximum Gasteiger partial charge on any atom is 0.132 e. The lowest BCUT2D eigenvalue weighted by Crippen LogP contribution is -2.09. The van der Waals surface area contributed by atoms with Crippen molar-refractivity contribution in [3.05, 3.63) is 59.7 Å². The van der Waals surface area contributed by atoms with Gasteiger partial charge in [-0.25, -0.2) is 0 Å². The van der Waals surface area contributed by atoms with Crippen LogP contribution in [0.15, 0.2) is 48.5 Å². The molecule has 2 aromatic carbocycles. The van der Waals surface area contributed by atoms with Crippen molar-refractivity contribution in [3.63, 3.8) is 0 Å². The molecule has 0 aliphatic carbocycles. The smallest absolute Gasteiger partial charge is 0.132 e. The summed E-state index contributed by atoms with van der Waals surface area (Å²) in [6.45, 7) is 4.30. The summed E-state index contributed by atoms with van der Waals surface area (Å²) in [5.41, 5.74) is 8.58. The van der Waals surface area contributed by atoms with Gasteiger partial charge in [0.15, 0.2) is 0 Å². The molecule has 0 saturated carbocycles. The number of unbranched alkanes of at least 4 members (excludes halogenated alkanes) is 1. The summed E-state index contributed by atoms with van der Waals surface area (Å²) in [5, 5.41) is 0. The van der Waals surface area contributed by atoms with Gasteiger partial charge in [0, 0.05) is 11.6 Å². The highest BCUT2D eigenvalue weighted by molar-refractivity contribution is 5.40. The van der Waals surface area contributed by atoms with Crippen LogP contribution >= 0.6 is 0 Å². The fourth-order valence-corrected chi connectivity index (χ4v) is 2.33. The number of nitrogens with two attached hydrogens (primary N) is 1. The third kappa shape index (κ3) is 4.33. The second-order valence-electron chi connectivity index (χ2n) is 5.40. The Bertz CT molecular complexity index is 548. The number of aryl methyl sites for hydroxylation is 1. The number of benzene rings is 2. The van der Waals surface area contributed by atoms with Crippen molar-refractivity contribution in [2.75, 3.05) is 0 Å². The van der Waals surface area contributed by atoms with Crippen molar-refractivity contribution in [1.82, 2.24) is 0 Å². The summed E-state index contributed by atoms with van der Waals surface area (Å²) in [4.78, 5) is 0. The van der Waals surface area contributed by atoms with E-state index in [0.29, 0.717) is 0 Å². The molecule has 0 saturated heterocycles. The molecule has 2 nitrogen and oxygen atoms in total. The molecule has 2 aromatic rings. The van der Waals surface area contributed by atoms with E-state index in [1.807, 2.05) is 36.4 Å². The standard InChI is InChI=1S/C19H25NO/c1-3-5-8-15-11-13-16(14-12-15)21-19-10-7-6-9-17(19)18(20)4-2/h6-7,9-14,18H,3-5,8,20H2,1-2H3. The Hall–Kier alpha value is -1.80. The summed E-state index contributed by atoms with van der Waals surface area (Å²) in [6, 6.07) is 16.4. The molecule has 1 unspecified atom stereocenters. The first-order chi connectivity index (χ1) is 10.2. The number of para-hydroxylation sites is 1. The van der Waals surface area contributed by atoms with Gasteiger partial charge in [0.05, 0.1) is 0 Å². The van der Waals surface area contributed by atoms with E-state index in [4.69, 9.17) is 10.5 Å². The van der Waals surface area contributed by atoms with Crippen LogP contribution in [0.4, 0.5) is 0 Å².